The molecule has 2 amide bonds. The van der Waals surface area contributed by atoms with Gasteiger partial charge in [0.25, 0.3) is 11.8 Å². The Morgan fingerprint density at radius 3 is 1.36 bits per heavy atom. The van der Waals surface area contributed by atoms with Gasteiger partial charge in [-0.25, -0.2) is 4.79 Å². The average Bonchev–Trinajstić information content (AvgIpc) is 3.31. The number of rotatable bonds is 12. The molecule has 8 rings (SSSR count). The van der Waals surface area contributed by atoms with Gasteiger partial charge in [-0.15, -0.1) is 0 Å². The van der Waals surface area contributed by atoms with Crippen molar-refractivity contribution in [2.45, 2.75) is 83.6 Å². The average molecular weight is 895 g/mol. The molecule has 6 aromatic rings. The first kappa shape index (κ1) is 46.4. The highest BCUT2D eigenvalue weighted by Crippen LogP contribution is 2.41. The summed E-state index contributed by atoms with van der Waals surface area (Å²) in [4.78, 5) is 66.7. The predicted octanol–water partition coefficient (Wildman–Crippen LogP) is 7.56. The van der Waals surface area contributed by atoms with Crippen LogP contribution >= 0.6 is 0 Å². The lowest BCUT2D eigenvalue weighted by Gasteiger charge is -2.41. The minimum absolute atomic E-state index is 0.0233. The number of carbonyl (C=O) groups excluding carboxylic acids is 3. The van der Waals surface area contributed by atoms with Crippen LogP contribution in [0.2, 0.25) is 0 Å². The van der Waals surface area contributed by atoms with Gasteiger partial charge in [0.15, 0.2) is 17.1 Å². The molecule has 0 saturated heterocycles. The third kappa shape index (κ3) is 9.89. The van der Waals surface area contributed by atoms with Gasteiger partial charge in [0.05, 0.1) is 30.6 Å². The second kappa shape index (κ2) is 20.5. The highest BCUT2D eigenvalue weighted by Gasteiger charge is 2.42. The molecule has 4 aromatic carbocycles. The largest absolute Gasteiger partial charge is 0.511 e. The Bertz CT molecular complexity index is 2670. The molecule has 0 saturated carbocycles. The van der Waals surface area contributed by atoms with Gasteiger partial charge < -0.3 is 29.1 Å². The smallest absolute Gasteiger partial charge is 0.502 e. The maximum atomic E-state index is 13.6. The number of hydrogen-bond acceptors (Lipinski definition) is 11. The lowest BCUT2D eigenvalue weighted by molar-refractivity contribution is -0.00943. The molecule has 2 aliphatic rings. The lowest BCUT2D eigenvalue weighted by Crippen LogP contribution is -2.50. The van der Waals surface area contributed by atoms with Crippen LogP contribution in [0.15, 0.2) is 143 Å². The molecular formula is C51H54N6O9. The van der Waals surface area contributed by atoms with Crippen molar-refractivity contribution in [3.63, 3.8) is 0 Å². The van der Waals surface area contributed by atoms with Gasteiger partial charge in [0.1, 0.15) is 0 Å². The predicted molar refractivity (Wildman–Crippen MR) is 247 cm³/mol. The van der Waals surface area contributed by atoms with Crippen LogP contribution in [-0.4, -0.2) is 90.5 Å². The molecule has 0 spiro atoms. The van der Waals surface area contributed by atoms with Gasteiger partial charge in [-0.3, -0.25) is 28.5 Å². The van der Waals surface area contributed by atoms with Crippen molar-refractivity contribution in [2.24, 2.45) is 0 Å². The van der Waals surface area contributed by atoms with Gasteiger partial charge in [0, 0.05) is 37.0 Å². The van der Waals surface area contributed by atoms with Gasteiger partial charge in [0.2, 0.25) is 23.4 Å². The summed E-state index contributed by atoms with van der Waals surface area (Å²) in [6, 6.07) is 39.2. The Kier molecular flexibility index (Phi) is 14.4. The number of carbonyl (C=O) groups is 3. The molecule has 15 heteroatoms. The van der Waals surface area contributed by atoms with Gasteiger partial charge in [-0.05, 0) is 63.8 Å². The van der Waals surface area contributed by atoms with E-state index < -0.39 is 29.6 Å². The van der Waals surface area contributed by atoms with Crippen LogP contribution in [0.3, 0.4) is 0 Å². The van der Waals surface area contributed by atoms with Crippen LogP contribution in [-0.2, 0) is 9.47 Å². The SMILES string of the molecule is CC(C)N1C[C@H](C(c2ccccc2)c2ccccc2)n2ncc(=O)c(O)c2C1=O.CC(C)OC(=O)OCOc1c2n(ncc1=O)[C@@H](C(c1ccccc1)c1ccccc1)CN(C(C)C)C2=O. The molecule has 0 unspecified atom stereocenters. The second-order valence-corrected chi connectivity index (χ2v) is 16.9. The van der Waals surface area contributed by atoms with Gasteiger partial charge in [-0.2, -0.15) is 10.2 Å². The number of aromatic nitrogens is 4. The van der Waals surface area contributed by atoms with Crippen molar-refractivity contribution in [2.75, 3.05) is 19.9 Å². The molecule has 0 bridgehead atoms. The quantitative estimate of drug-likeness (QED) is 0.0948. The first-order chi connectivity index (χ1) is 31.8. The summed E-state index contributed by atoms with van der Waals surface area (Å²) in [5.74, 6) is -1.79. The Balaban J connectivity index is 0.000000202. The number of benzene rings is 4. The number of aromatic hydroxyl groups is 1. The topological polar surface area (TPSA) is 175 Å². The zero-order valence-electron chi connectivity index (χ0n) is 37.8. The molecule has 342 valence electrons. The summed E-state index contributed by atoms with van der Waals surface area (Å²) in [6.45, 7) is 11.3. The molecule has 2 atom stereocenters. The third-order valence-corrected chi connectivity index (χ3v) is 11.6. The number of hydrogen-bond donors (Lipinski definition) is 1. The van der Waals surface area contributed by atoms with E-state index in [2.05, 4.69) is 34.5 Å². The van der Waals surface area contributed by atoms with E-state index in [9.17, 15) is 29.1 Å². The normalized spacial score (nSPS) is 15.7. The van der Waals surface area contributed by atoms with E-state index in [1.165, 1.54) is 4.68 Å². The summed E-state index contributed by atoms with van der Waals surface area (Å²) in [7, 11) is 0. The van der Waals surface area contributed by atoms with E-state index in [0.29, 0.717) is 13.1 Å². The maximum absolute atomic E-state index is 13.6. The molecule has 0 radical (unpaired) electrons. The molecule has 2 aromatic heterocycles. The maximum Gasteiger partial charge on any atom is 0.511 e. The van der Waals surface area contributed by atoms with Crippen LogP contribution < -0.4 is 15.6 Å². The van der Waals surface area contributed by atoms with Gasteiger partial charge >= 0.3 is 6.16 Å². The zero-order valence-corrected chi connectivity index (χ0v) is 37.8. The molecule has 0 aliphatic carbocycles. The summed E-state index contributed by atoms with van der Waals surface area (Å²) >= 11 is 0. The zero-order chi connectivity index (χ0) is 47.1. The standard InChI is InChI=1S/C28H31N3O6.C23H23N3O3/c1-18(2)30-16-22(24(20-11-7-5-8-12-20)21-13-9-6-10-14-21)31-25(27(30)33)26(23(32)15-29-31)35-17-36-28(34)37-19(3)4;1-15(2)25-14-18(26-21(23(25)29)22(28)19(27)13-24-26)20(16-9-5-3-6-10-16)17-11-7-4-8-12-17/h5-15,18-19,22,24H,16-17H2,1-4H3;3-13,15,18,20,28H,14H2,1-2H3/t22-;18-/m11/s1. The van der Waals surface area contributed by atoms with Crippen LogP contribution in [0.4, 0.5) is 4.79 Å². The molecule has 2 aliphatic heterocycles. The first-order valence-corrected chi connectivity index (χ1v) is 22.0. The van der Waals surface area contributed by atoms with E-state index in [1.807, 2.05) is 125 Å². The summed E-state index contributed by atoms with van der Waals surface area (Å²) < 4.78 is 18.6. The third-order valence-electron chi connectivity index (χ3n) is 11.6. The van der Waals surface area contributed by atoms with Crippen LogP contribution in [0.5, 0.6) is 11.5 Å². The van der Waals surface area contributed by atoms with E-state index in [-0.39, 0.29) is 71.1 Å². The van der Waals surface area contributed by atoms with Crippen LogP contribution in [0, 0.1) is 0 Å². The fraction of sp³-hybridized carbons (Fsp3) is 0.314. The molecule has 4 heterocycles. The first-order valence-electron chi connectivity index (χ1n) is 22.0. The Morgan fingerprint density at radius 2 is 0.970 bits per heavy atom. The minimum Gasteiger partial charge on any atom is -0.502 e. The van der Waals surface area contributed by atoms with Crippen LogP contribution in [0.1, 0.15) is 109 Å². The Labute approximate surface area is 382 Å². The summed E-state index contributed by atoms with van der Waals surface area (Å²) in [5.41, 5.74) is 3.00. The van der Waals surface area contributed by atoms with Gasteiger partial charge in [-0.1, -0.05) is 121 Å². The highest BCUT2D eigenvalue weighted by atomic mass is 16.8. The summed E-state index contributed by atoms with van der Waals surface area (Å²) in [5, 5.41) is 19.1. The second-order valence-electron chi connectivity index (χ2n) is 16.9. The van der Waals surface area contributed by atoms with Crippen molar-refractivity contribution in [3.05, 3.63) is 188 Å². The fourth-order valence-corrected chi connectivity index (χ4v) is 8.60. The van der Waals surface area contributed by atoms with E-state index >= 15 is 0 Å². The fourth-order valence-electron chi connectivity index (χ4n) is 8.60. The molecule has 15 nitrogen and oxygen atoms in total. The number of amides is 2. The number of nitrogens with zero attached hydrogens (tertiary/aromatic N) is 6. The molecular weight excluding hydrogens is 841 g/mol. The van der Waals surface area contributed by atoms with Crippen molar-refractivity contribution >= 4 is 18.0 Å². The molecule has 0 fully saturated rings. The monoisotopic (exact) mass is 894 g/mol. The minimum atomic E-state index is -0.931. The molecule has 66 heavy (non-hydrogen) atoms. The lowest BCUT2D eigenvalue weighted by atomic mass is 9.83. The van der Waals surface area contributed by atoms with Crippen molar-refractivity contribution in [1.29, 1.82) is 0 Å². The van der Waals surface area contributed by atoms with Crippen molar-refractivity contribution < 1.29 is 33.7 Å². The Hall–Kier alpha value is -7.55. The number of ether oxygens (including phenoxy) is 3. The van der Waals surface area contributed by atoms with E-state index in [0.717, 1.165) is 34.6 Å². The van der Waals surface area contributed by atoms with E-state index in [1.54, 1.807) is 28.3 Å². The van der Waals surface area contributed by atoms with Crippen molar-refractivity contribution in [3.8, 4) is 11.5 Å². The van der Waals surface area contributed by atoms with Crippen LogP contribution in [0.25, 0.3) is 0 Å². The highest BCUT2D eigenvalue weighted by molar-refractivity contribution is 5.96. The van der Waals surface area contributed by atoms with Crippen molar-refractivity contribution in [1.82, 2.24) is 29.4 Å². The number of fused-ring (bicyclic) bond motifs is 2. The summed E-state index contributed by atoms with van der Waals surface area (Å²) in [6.07, 6.45) is 0.904. The Morgan fingerprint density at radius 1 is 0.591 bits per heavy atom. The molecule has 1 N–H and O–H groups in total. The van der Waals surface area contributed by atoms with E-state index in [4.69, 9.17) is 14.2 Å².